The van der Waals surface area contributed by atoms with Crippen molar-refractivity contribution < 1.29 is 4.57 Å². The molecular formula is C26H18N3+. The molecule has 0 bridgehead atoms. The SMILES string of the molecule is CC1n2c(nc3c4ccccc4c4ccccc4c32)-c2c3ccccc3cc[n+]21. The Morgan fingerprint density at radius 2 is 1.34 bits per heavy atom. The van der Waals surface area contributed by atoms with E-state index < -0.39 is 0 Å². The highest BCUT2D eigenvalue weighted by Crippen LogP contribution is 2.41. The lowest BCUT2D eigenvalue weighted by Crippen LogP contribution is -2.38. The van der Waals surface area contributed by atoms with Crippen molar-refractivity contribution in [3.63, 3.8) is 0 Å². The van der Waals surface area contributed by atoms with Gasteiger partial charge in [0.05, 0.1) is 16.4 Å². The summed E-state index contributed by atoms with van der Waals surface area (Å²) in [5, 5.41) is 7.56. The van der Waals surface area contributed by atoms with E-state index in [0.717, 1.165) is 11.3 Å². The second kappa shape index (κ2) is 5.21. The summed E-state index contributed by atoms with van der Waals surface area (Å²) in [6.45, 7) is 2.26. The molecule has 1 unspecified atom stereocenters. The van der Waals surface area contributed by atoms with Gasteiger partial charge >= 0.3 is 0 Å². The summed E-state index contributed by atoms with van der Waals surface area (Å²) < 4.78 is 4.78. The Morgan fingerprint density at radius 3 is 2.14 bits per heavy atom. The largest absolute Gasteiger partial charge is 0.259 e. The first-order valence-corrected chi connectivity index (χ1v) is 10.1. The summed E-state index contributed by atoms with van der Waals surface area (Å²) in [7, 11) is 0. The summed E-state index contributed by atoms with van der Waals surface area (Å²) in [5.41, 5.74) is 3.54. The molecule has 3 heterocycles. The molecule has 0 amide bonds. The van der Waals surface area contributed by atoms with Gasteiger partial charge in [-0.2, -0.15) is 4.57 Å². The average molecular weight is 372 g/mol. The van der Waals surface area contributed by atoms with Gasteiger partial charge in [0, 0.05) is 23.8 Å². The molecule has 0 aliphatic carbocycles. The van der Waals surface area contributed by atoms with Crippen LogP contribution >= 0.6 is 0 Å². The molecule has 3 nitrogen and oxygen atoms in total. The topological polar surface area (TPSA) is 21.7 Å². The molecule has 0 spiro atoms. The summed E-state index contributed by atoms with van der Waals surface area (Å²) >= 11 is 0. The van der Waals surface area contributed by atoms with E-state index in [-0.39, 0.29) is 6.17 Å². The zero-order chi connectivity index (χ0) is 19.1. The summed E-state index contributed by atoms with van der Waals surface area (Å²) in [6.07, 6.45) is 2.38. The van der Waals surface area contributed by atoms with Crippen molar-refractivity contribution in [2.45, 2.75) is 13.1 Å². The fourth-order valence-electron chi connectivity index (χ4n) is 5.16. The van der Waals surface area contributed by atoms with E-state index >= 15 is 0 Å². The Balaban J connectivity index is 1.75. The first-order valence-electron chi connectivity index (χ1n) is 10.1. The van der Waals surface area contributed by atoms with E-state index in [1.807, 2.05) is 0 Å². The Kier molecular flexibility index (Phi) is 2.73. The van der Waals surface area contributed by atoms with Gasteiger partial charge < -0.3 is 0 Å². The zero-order valence-electron chi connectivity index (χ0n) is 16.0. The quantitative estimate of drug-likeness (QED) is 0.243. The van der Waals surface area contributed by atoms with Crippen LogP contribution in [0.3, 0.4) is 0 Å². The number of nitrogens with zero attached hydrogens (tertiary/aromatic N) is 3. The minimum atomic E-state index is 0.180. The summed E-state index contributed by atoms with van der Waals surface area (Å²) in [4.78, 5) is 5.26. The van der Waals surface area contributed by atoms with Crippen molar-refractivity contribution in [1.82, 2.24) is 9.55 Å². The number of hydrogen-bond donors (Lipinski definition) is 0. The number of fused-ring (bicyclic) bond motifs is 12. The molecule has 0 saturated carbocycles. The smallest absolute Gasteiger partial charge is 0.258 e. The fraction of sp³-hybridized carbons (Fsp3) is 0.0769. The van der Waals surface area contributed by atoms with Crippen LogP contribution in [0, 0.1) is 0 Å². The van der Waals surface area contributed by atoms with E-state index in [1.54, 1.807) is 0 Å². The van der Waals surface area contributed by atoms with Gasteiger partial charge in [0.15, 0.2) is 6.20 Å². The number of imidazole rings is 1. The summed E-state index contributed by atoms with van der Waals surface area (Å²) in [6, 6.07) is 28.2. The molecule has 0 saturated heterocycles. The minimum absolute atomic E-state index is 0.180. The van der Waals surface area contributed by atoms with E-state index in [4.69, 9.17) is 4.98 Å². The van der Waals surface area contributed by atoms with Crippen LogP contribution in [0.4, 0.5) is 0 Å². The van der Waals surface area contributed by atoms with Crippen molar-refractivity contribution >= 4 is 43.4 Å². The number of pyridine rings is 1. The maximum Gasteiger partial charge on any atom is 0.258 e. The van der Waals surface area contributed by atoms with E-state index in [2.05, 4.69) is 101 Å². The first kappa shape index (κ1) is 15.2. The molecule has 4 aromatic carbocycles. The van der Waals surface area contributed by atoms with Gasteiger partial charge in [-0.05, 0) is 22.2 Å². The Labute approximate surface area is 167 Å². The molecule has 2 aromatic heterocycles. The van der Waals surface area contributed by atoms with Gasteiger partial charge in [-0.25, -0.2) is 4.98 Å². The highest BCUT2D eigenvalue weighted by molar-refractivity contribution is 6.24. The van der Waals surface area contributed by atoms with Crippen molar-refractivity contribution in [2.24, 2.45) is 0 Å². The van der Waals surface area contributed by atoms with Crippen molar-refractivity contribution in [2.75, 3.05) is 0 Å². The maximum atomic E-state index is 5.26. The third kappa shape index (κ3) is 1.78. The van der Waals surface area contributed by atoms with Gasteiger partial charge in [0.2, 0.25) is 12.0 Å². The fourth-order valence-corrected chi connectivity index (χ4v) is 5.16. The minimum Gasteiger partial charge on any atom is -0.259 e. The number of aromatic nitrogens is 3. The average Bonchev–Trinajstić information content (AvgIpc) is 3.30. The van der Waals surface area contributed by atoms with Crippen LogP contribution in [-0.2, 0) is 0 Å². The number of hydrogen-bond acceptors (Lipinski definition) is 1. The molecule has 1 aliphatic rings. The molecular weight excluding hydrogens is 354 g/mol. The van der Waals surface area contributed by atoms with Crippen molar-refractivity contribution in [1.29, 1.82) is 0 Å². The van der Waals surface area contributed by atoms with Crippen LogP contribution < -0.4 is 4.57 Å². The van der Waals surface area contributed by atoms with Gasteiger partial charge in [-0.15, -0.1) is 0 Å². The lowest BCUT2D eigenvalue weighted by Gasteiger charge is -2.10. The first-order chi connectivity index (χ1) is 14.3. The lowest BCUT2D eigenvalue weighted by molar-refractivity contribution is -0.704. The van der Waals surface area contributed by atoms with Crippen LogP contribution in [0.2, 0.25) is 0 Å². The number of benzene rings is 4. The van der Waals surface area contributed by atoms with Crippen molar-refractivity contribution in [3.05, 3.63) is 85.1 Å². The predicted molar refractivity (Wildman–Crippen MR) is 118 cm³/mol. The highest BCUT2D eigenvalue weighted by Gasteiger charge is 2.38. The monoisotopic (exact) mass is 372 g/mol. The van der Waals surface area contributed by atoms with Crippen LogP contribution in [-0.4, -0.2) is 9.55 Å². The van der Waals surface area contributed by atoms with Gasteiger partial charge in [-0.3, -0.25) is 4.57 Å². The van der Waals surface area contributed by atoms with Gasteiger partial charge in [0.1, 0.15) is 0 Å². The molecule has 136 valence electrons. The van der Waals surface area contributed by atoms with Crippen LogP contribution in [0.15, 0.2) is 85.1 Å². The lowest BCUT2D eigenvalue weighted by atomic mass is 10.00. The molecule has 1 aliphatic heterocycles. The standard InChI is InChI=1S/C26H18N3/c1-16-28-15-14-17-8-2-3-9-18(17)25(28)26-27-23-21-12-6-4-10-19(21)20-11-5-7-13-22(20)24(23)29(16)26/h2-16H,1H3/q+1. The normalized spacial score (nSPS) is 15.4. The molecule has 29 heavy (non-hydrogen) atoms. The van der Waals surface area contributed by atoms with Crippen LogP contribution in [0.1, 0.15) is 13.1 Å². The highest BCUT2D eigenvalue weighted by atomic mass is 15.3. The Hall–Kier alpha value is -3.72. The molecule has 7 rings (SSSR count). The number of rotatable bonds is 0. The van der Waals surface area contributed by atoms with Crippen LogP contribution in [0.5, 0.6) is 0 Å². The second-order valence-electron chi connectivity index (χ2n) is 7.88. The molecule has 6 aromatic rings. The van der Waals surface area contributed by atoms with E-state index in [9.17, 15) is 0 Å². The third-order valence-electron chi connectivity index (χ3n) is 6.44. The summed E-state index contributed by atoms with van der Waals surface area (Å²) in [5.74, 6) is 1.06. The van der Waals surface area contributed by atoms with Gasteiger partial charge in [0.25, 0.3) is 5.69 Å². The molecule has 0 radical (unpaired) electrons. The Bertz CT molecular complexity index is 1620. The van der Waals surface area contributed by atoms with E-state index in [1.165, 1.54) is 43.5 Å². The molecule has 3 heteroatoms. The van der Waals surface area contributed by atoms with Gasteiger partial charge in [-0.1, -0.05) is 66.7 Å². The molecule has 1 atom stereocenters. The maximum absolute atomic E-state index is 5.26. The second-order valence-corrected chi connectivity index (χ2v) is 7.88. The zero-order valence-corrected chi connectivity index (χ0v) is 16.0. The molecule has 0 fully saturated rings. The van der Waals surface area contributed by atoms with Crippen LogP contribution in [0.25, 0.3) is 54.9 Å². The van der Waals surface area contributed by atoms with E-state index in [0.29, 0.717) is 0 Å². The predicted octanol–water partition coefficient (Wildman–Crippen LogP) is 5.83. The molecule has 0 N–H and O–H groups in total. The third-order valence-corrected chi connectivity index (χ3v) is 6.44. The Morgan fingerprint density at radius 1 is 0.724 bits per heavy atom. The van der Waals surface area contributed by atoms with Crippen molar-refractivity contribution in [3.8, 4) is 11.5 Å².